The molecule has 0 fully saturated rings. The van der Waals surface area contributed by atoms with Crippen LogP contribution in [0.1, 0.15) is 30.8 Å². The van der Waals surface area contributed by atoms with Crippen LogP contribution in [0.3, 0.4) is 0 Å². The van der Waals surface area contributed by atoms with Gasteiger partial charge in [0.25, 0.3) is 0 Å². The summed E-state index contributed by atoms with van der Waals surface area (Å²) in [7, 11) is 1.38. The maximum atomic E-state index is 13.1. The van der Waals surface area contributed by atoms with E-state index < -0.39 is 0 Å². The molecule has 1 aromatic heterocycles. The summed E-state index contributed by atoms with van der Waals surface area (Å²) in [6.07, 6.45) is 1.67. The predicted molar refractivity (Wildman–Crippen MR) is 78.0 cm³/mol. The minimum absolute atomic E-state index is 0.212. The molecular weight excluding hydrogens is 271 g/mol. The van der Waals surface area contributed by atoms with Crippen LogP contribution in [0.25, 0.3) is 5.69 Å². The molecule has 2 aromatic rings. The van der Waals surface area contributed by atoms with Crippen molar-refractivity contribution in [3.05, 3.63) is 47.0 Å². The summed E-state index contributed by atoms with van der Waals surface area (Å²) in [4.78, 5) is 11.6. The highest BCUT2D eigenvalue weighted by molar-refractivity contribution is 5.73. The van der Waals surface area contributed by atoms with Gasteiger partial charge in [-0.1, -0.05) is 13.8 Å². The van der Waals surface area contributed by atoms with E-state index in [9.17, 15) is 9.18 Å². The van der Waals surface area contributed by atoms with Crippen molar-refractivity contribution in [3.8, 4) is 5.69 Å². The number of ether oxygens (including phenoxy) is 1. The van der Waals surface area contributed by atoms with Crippen LogP contribution >= 0.6 is 0 Å². The standard InChI is InChI=1S/C16H19FN2O2/c1-4-14-13(10-16(20)21-3)15(5-2)19(18-14)12-8-6-11(17)7-9-12/h6-9H,4-5,10H2,1-3H3. The lowest BCUT2D eigenvalue weighted by molar-refractivity contribution is -0.139. The van der Waals surface area contributed by atoms with Crippen LogP contribution in [0.15, 0.2) is 24.3 Å². The van der Waals surface area contributed by atoms with Crippen molar-refractivity contribution < 1.29 is 13.9 Å². The van der Waals surface area contributed by atoms with Crippen molar-refractivity contribution in [1.29, 1.82) is 0 Å². The van der Waals surface area contributed by atoms with Gasteiger partial charge in [0.15, 0.2) is 0 Å². The Balaban J connectivity index is 2.51. The number of esters is 1. The quantitative estimate of drug-likeness (QED) is 0.795. The molecule has 5 heteroatoms. The lowest BCUT2D eigenvalue weighted by Crippen LogP contribution is -2.08. The van der Waals surface area contributed by atoms with Gasteiger partial charge in [-0.3, -0.25) is 4.79 Å². The van der Waals surface area contributed by atoms with Gasteiger partial charge in [-0.15, -0.1) is 0 Å². The number of methoxy groups -OCH3 is 1. The third kappa shape index (κ3) is 3.12. The van der Waals surface area contributed by atoms with Crippen molar-refractivity contribution in [2.75, 3.05) is 7.11 Å². The summed E-state index contributed by atoms with van der Waals surface area (Å²) in [5, 5.41) is 4.57. The Morgan fingerprint density at radius 2 is 1.90 bits per heavy atom. The highest BCUT2D eigenvalue weighted by atomic mass is 19.1. The second-order valence-corrected chi connectivity index (χ2v) is 4.72. The minimum atomic E-state index is -0.283. The summed E-state index contributed by atoms with van der Waals surface area (Å²) in [6, 6.07) is 6.18. The zero-order valence-corrected chi connectivity index (χ0v) is 12.5. The van der Waals surface area contributed by atoms with Crippen molar-refractivity contribution >= 4 is 5.97 Å². The van der Waals surface area contributed by atoms with E-state index in [0.29, 0.717) is 0 Å². The number of benzene rings is 1. The first-order valence-corrected chi connectivity index (χ1v) is 7.03. The molecule has 1 heterocycles. The second kappa shape index (κ2) is 6.52. The molecule has 0 radical (unpaired) electrons. The number of hydrogen-bond donors (Lipinski definition) is 0. The van der Waals surface area contributed by atoms with Gasteiger partial charge in [-0.05, 0) is 37.1 Å². The van der Waals surface area contributed by atoms with Crippen LogP contribution in [0, 0.1) is 5.82 Å². The van der Waals surface area contributed by atoms with Gasteiger partial charge in [0, 0.05) is 11.3 Å². The maximum Gasteiger partial charge on any atom is 0.310 e. The lowest BCUT2D eigenvalue weighted by Gasteiger charge is -2.07. The number of halogens is 1. The first kappa shape index (κ1) is 15.2. The second-order valence-electron chi connectivity index (χ2n) is 4.72. The predicted octanol–water partition coefficient (Wildman–Crippen LogP) is 2.85. The molecule has 4 nitrogen and oxygen atoms in total. The molecule has 0 aliphatic rings. The zero-order valence-electron chi connectivity index (χ0n) is 12.5. The van der Waals surface area contributed by atoms with Gasteiger partial charge in [0.2, 0.25) is 0 Å². The Labute approximate surface area is 123 Å². The molecule has 0 aliphatic heterocycles. The van der Waals surface area contributed by atoms with Gasteiger partial charge in [-0.2, -0.15) is 5.10 Å². The number of carbonyl (C=O) groups is 1. The Kier molecular flexibility index (Phi) is 4.73. The van der Waals surface area contributed by atoms with E-state index >= 15 is 0 Å². The summed E-state index contributed by atoms with van der Waals surface area (Å²) < 4.78 is 19.6. The van der Waals surface area contributed by atoms with Gasteiger partial charge in [-0.25, -0.2) is 9.07 Å². The molecule has 0 saturated carbocycles. The molecule has 0 amide bonds. The van der Waals surface area contributed by atoms with Gasteiger partial charge in [0.1, 0.15) is 5.82 Å². The summed E-state index contributed by atoms with van der Waals surface area (Å²) in [6.45, 7) is 4.01. The fourth-order valence-electron chi connectivity index (χ4n) is 2.40. The summed E-state index contributed by atoms with van der Waals surface area (Å²) in [5.74, 6) is -0.562. The summed E-state index contributed by atoms with van der Waals surface area (Å²) in [5.41, 5.74) is 3.54. The Morgan fingerprint density at radius 1 is 1.24 bits per heavy atom. The highest BCUT2D eigenvalue weighted by Gasteiger charge is 2.19. The van der Waals surface area contributed by atoms with Crippen LogP contribution in [0.5, 0.6) is 0 Å². The molecule has 112 valence electrons. The molecule has 0 bridgehead atoms. The SMILES string of the molecule is CCc1nn(-c2ccc(F)cc2)c(CC)c1CC(=O)OC. The summed E-state index contributed by atoms with van der Waals surface area (Å²) >= 11 is 0. The van der Waals surface area contributed by atoms with Crippen molar-refractivity contribution in [2.45, 2.75) is 33.1 Å². The van der Waals surface area contributed by atoms with Crippen molar-refractivity contribution in [3.63, 3.8) is 0 Å². The van der Waals surface area contributed by atoms with Gasteiger partial charge >= 0.3 is 5.97 Å². The molecular formula is C16H19FN2O2. The fourth-order valence-corrected chi connectivity index (χ4v) is 2.40. The number of aryl methyl sites for hydroxylation is 1. The number of aromatic nitrogens is 2. The number of hydrogen-bond acceptors (Lipinski definition) is 3. The number of nitrogens with zero attached hydrogens (tertiary/aromatic N) is 2. The van der Waals surface area contributed by atoms with Crippen molar-refractivity contribution in [1.82, 2.24) is 9.78 Å². The first-order chi connectivity index (χ1) is 10.1. The average Bonchev–Trinajstić information content (AvgIpc) is 2.85. The van der Waals surface area contributed by atoms with E-state index in [0.717, 1.165) is 35.5 Å². The van der Waals surface area contributed by atoms with E-state index in [1.807, 2.05) is 13.8 Å². The number of carbonyl (C=O) groups excluding carboxylic acids is 1. The monoisotopic (exact) mass is 290 g/mol. The average molecular weight is 290 g/mol. The smallest absolute Gasteiger partial charge is 0.310 e. The largest absolute Gasteiger partial charge is 0.469 e. The Morgan fingerprint density at radius 3 is 2.43 bits per heavy atom. The molecule has 1 aromatic carbocycles. The van der Waals surface area contributed by atoms with Crippen molar-refractivity contribution in [2.24, 2.45) is 0 Å². The fraction of sp³-hybridized carbons (Fsp3) is 0.375. The zero-order chi connectivity index (χ0) is 15.4. The van der Waals surface area contributed by atoms with Crippen LogP contribution in [0.2, 0.25) is 0 Å². The van der Waals surface area contributed by atoms with E-state index in [4.69, 9.17) is 4.74 Å². The Hall–Kier alpha value is -2.17. The molecule has 0 N–H and O–H groups in total. The number of rotatable bonds is 5. The highest BCUT2D eigenvalue weighted by Crippen LogP contribution is 2.21. The van der Waals surface area contributed by atoms with Crippen LogP contribution in [0.4, 0.5) is 4.39 Å². The third-order valence-corrected chi connectivity index (χ3v) is 3.46. The molecule has 21 heavy (non-hydrogen) atoms. The van der Waals surface area contributed by atoms with E-state index in [1.165, 1.54) is 19.2 Å². The maximum absolute atomic E-state index is 13.1. The molecule has 0 spiro atoms. The molecule has 0 saturated heterocycles. The third-order valence-electron chi connectivity index (χ3n) is 3.46. The molecule has 0 aliphatic carbocycles. The molecule has 0 unspecified atom stereocenters. The lowest BCUT2D eigenvalue weighted by atomic mass is 10.1. The molecule has 2 rings (SSSR count). The topological polar surface area (TPSA) is 44.1 Å². The molecule has 0 atom stereocenters. The normalized spacial score (nSPS) is 10.7. The van der Waals surface area contributed by atoms with E-state index in [1.54, 1.807) is 16.8 Å². The van der Waals surface area contributed by atoms with Crippen LogP contribution < -0.4 is 0 Å². The van der Waals surface area contributed by atoms with Crippen LogP contribution in [-0.2, 0) is 28.8 Å². The minimum Gasteiger partial charge on any atom is -0.469 e. The first-order valence-electron chi connectivity index (χ1n) is 7.03. The van der Waals surface area contributed by atoms with Gasteiger partial charge in [0.05, 0.1) is 24.9 Å². The van der Waals surface area contributed by atoms with Crippen LogP contribution in [-0.4, -0.2) is 22.9 Å². The Bertz CT molecular complexity index is 632. The van der Waals surface area contributed by atoms with E-state index in [2.05, 4.69) is 5.10 Å². The van der Waals surface area contributed by atoms with E-state index in [-0.39, 0.29) is 18.2 Å². The van der Waals surface area contributed by atoms with Gasteiger partial charge < -0.3 is 4.74 Å².